The number of pyridine rings is 1. The number of ether oxygens (including phenoxy) is 1. The van der Waals surface area contributed by atoms with E-state index in [9.17, 15) is 9.18 Å². The summed E-state index contributed by atoms with van der Waals surface area (Å²) >= 11 is 0. The highest BCUT2D eigenvalue weighted by Gasteiger charge is 2.18. The van der Waals surface area contributed by atoms with Crippen molar-refractivity contribution >= 4 is 11.6 Å². The molecule has 1 atom stereocenters. The fourth-order valence-corrected chi connectivity index (χ4v) is 2.09. The number of nitrogens with zero attached hydrogens (tertiary/aromatic N) is 3. The monoisotopic (exact) mass is 326 g/mol. The van der Waals surface area contributed by atoms with Gasteiger partial charge in [0.25, 0.3) is 5.91 Å². The molecular weight excluding hydrogens is 311 g/mol. The summed E-state index contributed by atoms with van der Waals surface area (Å²) in [6.45, 7) is 1.55. The molecule has 0 unspecified atom stereocenters. The minimum Gasteiger partial charge on any atom is -0.478 e. The van der Waals surface area contributed by atoms with Crippen LogP contribution < -0.4 is 10.1 Å². The van der Waals surface area contributed by atoms with Gasteiger partial charge in [-0.15, -0.1) is 0 Å². The van der Waals surface area contributed by atoms with Crippen LogP contribution in [0.4, 0.5) is 10.1 Å². The molecular formula is C17H15FN4O2. The summed E-state index contributed by atoms with van der Waals surface area (Å²) in [4.78, 5) is 16.6. The molecule has 1 N–H and O–H groups in total. The Balaban J connectivity index is 1.75. The third kappa shape index (κ3) is 3.40. The zero-order valence-electron chi connectivity index (χ0n) is 12.9. The SMILES string of the molecule is C[C@H](Oc1ccccc1F)C(=O)Nc1cccnc1-n1cccn1. The quantitative estimate of drug-likeness (QED) is 0.783. The molecule has 0 bridgehead atoms. The molecule has 0 aliphatic rings. The van der Waals surface area contributed by atoms with Crippen molar-refractivity contribution in [3.8, 4) is 11.6 Å². The zero-order chi connectivity index (χ0) is 16.9. The normalized spacial score (nSPS) is 11.8. The topological polar surface area (TPSA) is 69.0 Å². The Morgan fingerprint density at radius 3 is 2.79 bits per heavy atom. The average molecular weight is 326 g/mol. The fourth-order valence-electron chi connectivity index (χ4n) is 2.09. The Morgan fingerprint density at radius 1 is 1.21 bits per heavy atom. The lowest BCUT2D eigenvalue weighted by Crippen LogP contribution is -2.31. The maximum atomic E-state index is 13.6. The minimum atomic E-state index is -0.882. The molecule has 24 heavy (non-hydrogen) atoms. The van der Waals surface area contributed by atoms with Gasteiger partial charge in [0.15, 0.2) is 23.5 Å². The van der Waals surface area contributed by atoms with Crippen LogP contribution in [0.3, 0.4) is 0 Å². The van der Waals surface area contributed by atoms with Gasteiger partial charge in [0, 0.05) is 18.6 Å². The number of carbonyl (C=O) groups is 1. The summed E-state index contributed by atoms with van der Waals surface area (Å²) in [5.74, 6) is -0.428. The standard InChI is InChI=1S/C17H15FN4O2/c1-12(24-15-8-3-2-6-13(15)18)17(23)21-14-7-4-9-19-16(14)22-11-5-10-20-22/h2-12H,1H3,(H,21,23)/t12-/m0/s1. The first kappa shape index (κ1) is 15.7. The molecule has 0 aliphatic carbocycles. The van der Waals surface area contributed by atoms with Crippen molar-refractivity contribution in [2.45, 2.75) is 13.0 Å². The summed E-state index contributed by atoms with van der Waals surface area (Å²) in [5, 5.41) is 6.83. The molecule has 1 amide bonds. The van der Waals surface area contributed by atoms with Crippen LogP contribution in [0.25, 0.3) is 5.82 Å². The van der Waals surface area contributed by atoms with Gasteiger partial charge in [-0.1, -0.05) is 12.1 Å². The van der Waals surface area contributed by atoms with E-state index in [1.165, 1.54) is 16.8 Å². The van der Waals surface area contributed by atoms with E-state index in [4.69, 9.17) is 4.74 Å². The molecule has 0 aliphatic heterocycles. The van der Waals surface area contributed by atoms with Crippen molar-refractivity contribution in [3.05, 3.63) is 66.9 Å². The molecule has 2 heterocycles. The largest absolute Gasteiger partial charge is 0.478 e. The maximum absolute atomic E-state index is 13.6. The molecule has 6 nitrogen and oxygen atoms in total. The number of hydrogen-bond donors (Lipinski definition) is 1. The third-order valence-corrected chi connectivity index (χ3v) is 3.28. The highest BCUT2D eigenvalue weighted by molar-refractivity contribution is 5.95. The van der Waals surface area contributed by atoms with E-state index in [2.05, 4.69) is 15.4 Å². The van der Waals surface area contributed by atoms with Gasteiger partial charge in [-0.25, -0.2) is 14.1 Å². The molecule has 0 saturated heterocycles. The van der Waals surface area contributed by atoms with Crippen LogP contribution >= 0.6 is 0 Å². The third-order valence-electron chi connectivity index (χ3n) is 3.28. The van der Waals surface area contributed by atoms with Gasteiger partial charge in [0.2, 0.25) is 0 Å². The van der Waals surface area contributed by atoms with Crippen molar-refractivity contribution in [1.29, 1.82) is 0 Å². The predicted molar refractivity (Wildman–Crippen MR) is 86.5 cm³/mol. The molecule has 0 spiro atoms. The lowest BCUT2D eigenvalue weighted by atomic mass is 10.3. The lowest BCUT2D eigenvalue weighted by molar-refractivity contribution is -0.122. The van der Waals surface area contributed by atoms with Crippen LogP contribution in [0, 0.1) is 5.82 Å². The smallest absolute Gasteiger partial charge is 0.265 e. The maximum Gasteiger partial charge on any atom is 0.265 e. The second-order valence-corrected chi connectivity index (χ2v) is 5.00. The lowest BCUT2D eigenvalue weighted by Gasteiger charge is -2.16. The molecule has 0 fully saturated rings. The van der Waals surface area contributed by atoms with Gasteiger partial charge in [0.05, 0.1) is 5.69 Å². The molecule has 0 saturated carbocycles. The number of anilines is 1. The van der Waals surface area contributed by atoms with Crippen molar-refractivity contribution in [3.63, 3.8) is 0 Å². The van der Waals surface area contributed by atoms with Gasteiger partial charge in [-0.3, -0.25) is 4.79 Å². The number of para-hydroxylation sites is 1. The van der Waals surface area contributed by atoms with Crippen molar-refractivity contribution in [2.75, 3.05) is 5.32 Å². The first-order chi connectivity index (χ1) is 11.6. The van der Waals surface area contributed by atoms with E-state index in [1.54, 1.807) is 55.8 Å². The van der Waals surface area contributed by atoms with E-state index in [0.29, 0.717) is 11.5 Å². The summed E-state index contributed by atoms with van der Waals surface area (Å²) in [6, 6.07) is 11.1. The average Bonchev–Trinajstić information content (AvgIpc) is 3.11. The Labute approximate surface area is 137 Å². The first-order valence-electron chi connectivity index (χ1n) is 7.32. The van der Waals surface area contributed by atoms with Gasteiger partial charge < -0.3 is 10.1 Å². The number of carbonyl (C=O) groups excluding carboxylic acids is 1. The molecule has 122 valence electrons. The van der Waals surface area contributed by atoms with Gasteiger partial charge >= 0.3 is 0 Å². The van der Waals surface area contributed by atoms with Gasteiger partial charge in [-0.05, 0) is 37.3 Å². The van der Waals surface area contributed by atoms with Crippen molar-refractivity contribution in [2.24, 2.45) is 0 Å². The number of rotatable bonds is 5. The van der Waals surface area contributed by atoms with E-state index in [1.807, 2.05) is 0 Å². The Morgan fingerprint density at radius 2 is 2.04 bits per heavy atom. The summed E-state index contributed by atoms with van der Waals surface area (Å²) in [7, 11) is 0. The zero-order valence-corrected chi connectivity index (χ0v) is 12.9. The van der Waals surface area contributed by atoms with Crippen LogP contribution in [0.2, 0.25) is 0 Å². The van der Waals surface area contributed by atoms with Crippen LogP contribution in [0.5, 0.6) is 5.75 Å². The first-order valence-corrected chi connectivity index (χ1v) is 7.32. The fraction of sp³-hybridized carbons (Fsp3) is 0.118. The van der Waals surface area contributed by atoms with Gasteiger partial charge in [0.1, 0.15) is 0 Å². The Kier molecular flexibility index (Phi) is 4.51. The number of hydrogen-bond acceptors (Lipinski definition) is 4. The molecule has 2 aromatic heterocycles. The van der Waals surface area contributed by atoms with Crippen molar-refractivity contribution in [1.82, 2.24) is 14.8 Å². The number of nitrogens with one attached hydrogen (secondary N) is 1. The number of halogens is 1. The summed E-state index contributed by atoms with van der Waals surface area (Å²) in [5.41, 5.74) is 0.482. The van der Waals surface area contributed by atoms with Crippen LogP contribution in [-0.2, 0) is 4.79 Å². The number of benzene rings is 1. The highest BCUT2D eigenvalue weighted by Crippen LogP contribution is 2.19. The van der Waals surface area contributed by atoms with Crippen LogP contribution in [0.1, 0.15) is 6.92 Å². The van der Waals surface area contributed by atoms with E-state index >= 15 is 0 Å². The van der Waals surface area contributed by atoms with Crippen LogP contribution in [0.15, 0.2) is 61.1 Å². The molecule has 7 heteroatoms. The molecule has 0 radical (unpaired) electrons. The predicted octanol–water partition coefficient (Wildman–Crippen LogP) is 2.81. The van der Waals surface area contributed by atoms with E-state index in [-0.39, 0.29) is 5.75 Å². The van der Waals surface area contributed by atoms with E-state index < -0.39 is 17.8 Å². The summed E-state index contributed by atoms with van der Waals surface area (Å²) in [6.07, 6.45) is 4.06. The molecule has 3 rings (SSSR count). The highest BCUT2D eigenvalue weighted by atomic mass is 19.1. The molecule has 3 aromatic rings. The van der Waals surface area contributed by atoms with E-state index in [0.717, 1.165) is 0 Å². The Bertz CT molecular complexity index is 836. The Hall–Kier alpha value is -3.22. The second kappa shape index (κ2) is 6.91. The molecule has 1 aromatic carbocycles. The number of amides is 1. The van der Waals surface area contributed by atoms with Gasteiger partial charge in [-0.2, -0.15) is 5.10 Å². The summed E-state index contributed by atoms with van der Waals surface area (Å²) < 4.78 is 20.5. The van der Waals surface area contributed by atoms with Crippen molar-refractivity contribution < 1.29 is 13.9 Å². The minimum absolute atomic E-state index is 0.0265. The number of aromatic nitrogens is 3. The van der Waals surface area contributed by atoms with Crippen LogP contribution in [-0.4, -0.2) is 26.8 Å². The second-order valence-electron chi connectivity index (χ2n) is 5.00.